The number of thioether (sulfide) groups is 1. The van der Waals surface area contributed by atoms with Crippen molar-refractivity contribution in [2.45, 2.75) is 70.2 Å². The molecule has 0 bridgehead atoms. The summed E-state index contributed by atoms with van der Waals surface area (Å²) in [5, 5.41) is 11.2. The van der Waals surface area contributed by atoms with Crippen molar-refractivity contribution in [3.8, 4) is 0 Å². The van der Waals surface area contributed by atoms with E-state index in [1.807, 2.05) is 7.05 Å². The Morgan fingerprint density at radius 2 is 2.30 bits per heavy atom. The van der Waals surface area contributed by atoms with Crippen LogP contribution in [0.15, 0.2) is 10.4 Å². The van der Waals surface area contributed by atoms with Crippen molar-refractivity contribution in [1.29, 1.82) is 0 Å². The van der Waals surface area contributed by atoms with Crippen LogP contribution in [-0.4, -0.2) is 35.0 Å². The van der Waals surface area contributed by atoms with Crippen molar-refractivity contribution in [1.82, 2.24) is 15.6 Å². The van der Waals surface area contributed by atoms with Crippen LogP contribution in [0.4, 0.5) is 0 Å². The van der Waals surface area contributed by atoms with Gasteiger partial charge in [-0.3, -0.25) is 4.99 Å². The molecule has 2 unspecified atom stereocenters. The Hall–Kier alpha value is -0.750. The van der Waals surface area contributed by atoms with Gasteiger partial charge in [-0.15, -0.1) is 11.3 Å². The number of nitrogens with zero attached hydrogens (tertiary/aromatic N) is 2. The normalized spacial score (nSPS) is 22.4. The molecule has 6 heteroatoms. The molecule has 2 N–H and O–H groups in total. The van der Waals surface area contributed by atoms with E-state index < -0.39 is 0 Å². The summed E-state index contributed by atoms with van der Waals surface area (Å²) in [6.45, 7) is 7.36. The van der Waals surface area contributed by atoms with Gasteiger partial charge in [-0.2, -0.15) is 11.8 Å². The van der Waals surface area contributed by atoms with E-state index in [1.165, 1.54) is 36.4 Å². The van der Waals surface area contributed by atoms with Gasteiger partial charge in [-0.05, 0) is 25.0 Å². The molecule has 2 atom stereocenters. The first-order valence-corrected chi connectivity index (χ1v) is 10.6. The molecular formula is C17H30N4S2. The first-order valence-electron chi connectivity index (χ1n) is 8.65. The van der Waals surface area contributed by atoms with Gasteiger partial charge in [0, 0.05) is 29.6 Å². The number of rotatable bonds is 6. The lowest BCUT2D eigenvalue weighted by atomic mass is 9.95. The second-order valence-corrected chi connectivity index (χ2v) is 8.81. The molecule has 0 aromatic carbocycles. The third kappa shape index (κ3) is 5.99. The molecule has 2 rings (SSSR count). The molecule has 1 saturated carbocycles. The van der Waals surface area contributed by atoms with E-state index in [4.69, 9.17) is 0 Å². The molecule has 130 valence electrons. The van der Waals surface area contributed by atoms with Gasteiger partial charge in [-0.1, -0.05) is 27.2 Å². The summed E-state index contributed by atoms with van der Waals surface area (Å²) in [5.41, 5.74) is 1.10. The lowest BCUT2D eigenvalue weighted by Crippen LogP contribution is -2.45. The Morgan fingerprint density at radius 1 is 1.48 bits per heavy atom. The van der Waals surface area contributed by atoms with E-state index in [2.05, 4.69) is 58.5 Å². The summed E-state index contributed by atoms with van der Waals surface area (Å²) < 4.78 is 0. The first kappa shape index (κ1) is 18.6. The van der Waals surface area contributed by atoms with Gasteiger partial charge in [0.2, 0.25) is 0 Å². The predicted octanol–water partition coefficient (Wildman–Crippen LogP) is 4.00. The van der Waals surface area contributed by atoms with Crippen LogP contribution in [0.25, 0.3) is 0 Å². The monoisotopic (exact) mass is 354 g/mol. The third-order valence-corrected chi connectivity index (χ3v) is 6.52. The fraction of sp³-hybridized carbons (Fsp3) is 0.765. The highest BCUT2D eigenvalue weighted by molar-refractivity contribution is 7.99. The highest BCUT2D eigenvalue weighted by Gasteiger charge is 2.22. The molecule has 4 nitrogen and oxygen atoms in total. The zero-order valence-corrected chi connectivity index (χ0v) is 16.4. The number of hydrogen-bond donors (Lipinski definition) is 2. The summed E-state index contributed by atoms with van der Waals surface area (Å²) in [6, 6.07) is 0.542. The molecule has 0 aliphatic heterocycles. The quantitative estimate of drug-likeness (QED) is 0.599. The third-order valence-electron chi connectivity index (χ3n) is 4.09. The molecular weight excluding hydrogens is 324 g/mol. The summed E-state index contributed by atoms with van der Waals surface area (Å²) in [7, 11) is 1.84. The van der Waals surface area contributed by atoms with Crippen LogP contribution in [-0.2, 0) is 6.54 Å². The van der Waals surface area contributed by atoms with Crippen LogP contribution in [0.3, 0.4) is 0 Å². The largest absolute Gasteiger partial charge is 0.354 e. The van der Waals surface area contributed by atoms with Crippen molar-refractivity contribution < 1.29 is 0 Å². The maximum Gasteiger partial charge on any atom is 0.191 e. The van der Waals surface area contributed by atoms with Crippen molar-refractivity contribution in [2.24, 2.45) is 4.99 Å². The Bertz CT molecular complexity index is 497. The van der Waals surface area contributed by atoms with Crippen molar-refractivity contribution in [2.75, 3.05) is 12.8 Å². The van der Waals surface area contributed by atoms with E-state index in [-0.39, 0.29) is 0 Å². The molecule has 1 heterocycles. The molecule has 1 aliphatic rings. The minimum atomic E-state index is 0.501. The lowest BCUT2D eigenvalue weighted by Gasteiger charge is -2.30. The van der Waals surface area contributed by atoms with E-state index in [0.717, 1.165) is 23.4 Å². The highest BCUT2D eigenvalue weighted by atomic mass is 32.2. The number of aliphatic imine (C=N–C) groups is 1. The SMILES string of the molecule is CCSC1CCCC(NC(=NC)NCc2csc(C(C)C)n2)C1. The van der Waals surface area contributed by atoms with Crippen molar-refractivity contribution >= 4 is 29.1 Å². The van der Waals surface area contributed by atoms with E-state index >= 15 is 0 Å². The minimum absolute atomic E-state index is 0.501. The van der Waals surface area contributed by atoms with Gasteiger partial charge in [0.25, 0.3) is 0 Å². The smallest absolute Gasteiger partial charge is 0.191 e. The van der Waals surface area contributed by atoms with Crippen molar-refractivity contribution in [3.63, 3.8) is 0 Å². The average Bonchev–Trinajstić information content (AvgIpc) is 3.01. The fourth-order valence-corrected chi connectivity index (χ4v) is 4.90. The molecule has 0 radical (unpaired) electrons. The van der Waals surface area contributed by atoms with Gasteiger partial charge >= 0.3 is 0 Å². The van der Waals surface area contributed by atoms with E-state index in [1.54, 1.807) is 11.3 Å². The summed E-state index contributed by atoms with van der Waals surface area (Å²) in [4.78, 5) is 9.04. The van der Waals surface area contributed by atoms with Gasteiger partial charge in [-0.25, -0.2) is 4.98 Å². The topological polar surface area (TPSA) is 49.3 Å². The number of aromatic nitrogens is 1. The van der Waals surface area contributed by atoms with E-state index in [9.17, 15) is 0 Å². The molecule has 1 fully saturated rings. The second kappa shape index (κ2) is 9.52. The first-order chi connectivity index (χ1) is 11.1. The average molecular weight is 355 g/mol. The van der Waals surface area contributed by atoms with Crippen LogP contribution in [0, 0.1) is 0 Å². The van der Waals surface area contributed by atoms with Crippen LogP contribution in [0.5, 0.6) is 0 Å². The Balaban J connectivity index is 1.80. The summed E-state index contributed by atoms with van der Waals surface area (Å²) in [5.74, 6) is 2.62. The number of nitrogens with one attached hydrogen (secondary N) is 2. The van der Waals surface area contributed by atoms with Crippen LogP contribution in [0.1, 0.15) is 63.1 Å². The Labute approximate surface area is 149 Å². The molecule has 1 aromatic rings. The maximum atomic E-state index is 4.67. The van der Waals surface area contributed by atoms with Crippen molar-refractivity contribution in [3.05, 3.63) is 16.1 Å². The second-order valence-electron chi connectivity index (χ2n) is 6.34. The number of hydrogen-bond acceptors (Lipinski definition) is 4. The molecule has 0 saturated heterocycles. The molecule has 1 aromatic heterocycles. The summed E-state index contributed by atoms with van der Waals surface area (Å²) in [6.07, 6.45) is 5.17. The lowest BCUT2D eigenvalue weighted by molar-refractivity contribution is 0.418. The van der Waals surface area contributed by atoms with E-state index in [0.29, 0.717) is 12.0 Å². The molecule has 0 amide bonds. The zero-order chi connectivity index (χ0) is 16.7. The molecule has 1 aliphatic carbocycles. The van der Waals surface area contributed by atoms with Crippen LogP contribution < -0.4 is 10.6 Å². The van der Waals surface area contributed by atoms with Crippen LogP contribution in [0.2, 0.25) is 0 Å². The van der Waals surface area contributed by atoms with Gasteiger partial charge < -0.3 is 10.6 Å². The number of thiazole rings is 1. The van der Waals surface area contributed by atoms with Crippen LogP contribution >= 0.6 is 23.1 Å². The van der Waals surface area contributed by atoms with Gasteiger partial charge in [0.1, 0.15) is 0 Å². The zero-order valence-electron chi connectivity index (χ0n) is 14.8. The fourth-order valence-electron chi connectivity index (χ4n) is 2.89. The standard InChI is InChI=1S/C17H30N4S2/c1-5-22-15-8-6-7-13(9-15)21-17(18-4)19-10-14-11-23-16(20-14)12(2)3/h11-13,15H,5-10H2,1-4H3,(H2,18,19,21). The Morgan fingerprint density at radius 3 is 2.96 bits per heavy atom. The number of guanidine groups is 1. The molecule has 0 spiro atoms. The van der Waals surface area contributed by atoms with Gasteiger partial charge in [0.15, 0.2) is 5.96 Å². The highest BCUT2D eigenvalue weighted by Crippen LogP contribution is 2.28. The van der Waals surface area contributed by atoms with Gasteiger partial charge in [0.05, 0.1) is 17.2 Å². The maximum absolute atomic E-state index is 4.67. The molecule has 23 heavy (non-hydrogen) atoms. The minimum Gasteiger partial charge on any atom is -0.354 e. The predicted molar refractivity (Wildman–Crippen MR) is 104 cm³/mol. The summed E-state index contributed by atoms with van der Waals surface area (Å²) >= 11 is 3.84. The Kier molecular flexibility index (Phi) is 7.70.